The zero-order chi connectivity index (χ0) is 28.6. The maximum Gasteiger partial charge on any atom is 1.00 e. The molecule has 43 heavy (non-hydrogen) atoms. The number of hydrogen-bond acceptors (Lipinski definition) is 10. The van der Waals surface area contributed by atoms with Crippen LogP contribution in [-0.4, -0.2) is 37.6 Å². The fraction of sp³-hybridized carbons (Fsp3) is 0.200. The van der Waals surface area contributed by atoms with E-state index in [2.05, 4.69) is 30.0 Å². The Labute approximate surface area is 286 Å². The summed E-state index contributed by atoms with van der Waals surface area (Å²) in [5, 5.41) is 11.6. The van der Waals surface area contributed by atoms with Gasteiger partial charge in [0.25, 0.3) is 6.01 Å². The third kappa shape index (κ3) is 5.61. The van der Waals surface area contributed by atoms with Crippen molar-refractivity contribution in [1.82, 2.24) is 30.0 Å². The summed E-state index contributed by atoms with van der Waals surface area (Å²) in [5.41, 5.74) is 6.30. The number of rotatable bonds is 8. The Morgan fingerprint density at radius 3 is 2.60 bits per heavy atom. The molecule has 0 saturated heterocycles. The topological polar surface area (TPSA) is 149 Å². The van der Waals surface area contributed by atoms with Crippen LogP contribution in [0.2, 0.25) is 0 Å². The fourth-order valence-electron chi connectivity index (χ4n) is 5.28. The summed E-state index contributed by atoms with van der Waals surface area (Å²) in [4.78, 5) is 33.4. The molecule has 13 heteroatoms. The standard InChI is InChI=1S/C30H24N6O6.K/c1-2-39-29-31-23-9-5-8-21(28(37)40-24-15-14-22-25(24)34-42-33-22)26(23)36(29)16-17-10-12-18(13-11-17)19-6-3-4-7-20(19)27-32-30(38)41-35-27;/h3-13,24H,2,14-16H2,1H3,(H,32,35,38);/q;+1/p-1. The quantitative estimate of drug-likeness (QED) is 0.184. The molecule has 1 aliphatic rings. The second kappa shape index (κ2) is 12.4. The van der Waals surface area contributed by atoms with Gasteiger partial charge in [-0.1, -0.05) is 64.9 Å². The van der Waals surface area contributed by atoms with Gasteiger partial charge >= 0.3 is 63.1 Å². The van der Waals surface area contributed by atoms with E-state index in [-0.39, 0.29) is 57.2 Å². The van der Waals surface area contributed by atoms with Crippen LogP contribution in [0.15, 0.2) is 80.7 Å². The van der Waals surface area contributed by atoms with Crippen molar-refractivity contribution in [3.8, 4) is 28.5 Å². The van der Waals surface area contributed by atoms with E-state index >= 15 is 0 Å². The van der Waals surface area contributed by atoms with Crippen molar-refractivity contribution in [2.75, 3.05) is 6.61 Å². The van der Waals surface area contributed by atoms with Crippen molar-refractivity contribution >= 4 is 17.0 Å². The minimum absolute atomic E-state index is 0. The molecular formula is C30H23KN6O6. The number of nitrogens with zero attached hydrogens (tertiary/aromatic N) is 6. The first-order chi connectivity index (χ1) is 20.6. The van der Waals surface area contributed by atoms with Crippen molar-refractivity contribution < 1.29 is 74.8 Å². The van der Waals surface area contributed by atoms with Gasteiger partial charge in [0, 0.05) is 0 Å². The van der Waals surface area contributed by atoms with Crippen molar-refractivity contribution in [2.24, 2.45) is 0 Å². The summed E-state index contributed by atoms with van der Waals surface area (Å²) in [7, 11) is 0. The van der Waals surface area contributed by atoms with E-state index in [1.54, 1.807) is 12.1 Å². The predicted octanol–water partition coefficient (Wildman–Crippen LogP) is 1.35. The second-order valence-electron chi connectivity index (χ2n) is 9.74. The Bertz CT molecular complexity index is 1980. The first-order valence-corrected chi connectivity index (χ1v) is 13.4. The molecule has 3 aromatic heterocycles. The molecule has 0 spiro atoms. The van der Waals surface area contributed by atoms with E-state index in [0.29, 0.717) is 65.6 Å². The monoisotopic (exact) mass is 602 g/mol. The van der Waals surface area contributed by atoms with E-state index < -0.39 is 17.8 Å². The first kappa shape index (κ1) is 29.2. The largest absolute Gasteiger partial charge is 1.00 e. The van der Waals surface area contributed by atoms with Crippen LogP contribution in [-0.2, 0) is 17.7 Å². The van der Waals surface area contributed by atoms with E-state index in [0.717, 1.165) is 16.7 Å². The number of fused-ring (bicyclic) bond motifs is 2. The van der Waals surface area contributed by atoms with E-state index in [1.807, 2.05) is 66.1 Å². The normalized spacial score (nSPS) is 13.9. The van der Waals surface area contributed by atoms with Gasteiger partial charge in [-0.05, 0) is 60.0 Å². The fourth-order valence-corrected chi connectivity index (χ4v) is 5.28. The van der Waals surface area contributed by atoms with Gasteiger partial charge in [0.05, 0.1) is 29.7 Å². The molecule has 0 amide bonds. The summed E-state index contributed by atoms with van der Waals surface area (Å²) in [5.74, 6) is -0.988. The zero-order valence-electron chi connectivity index (χ0n) is 23.4. The minimum Gasteiger partial charge on any atom is -0.465 e. The number of hydrogen-bond donors (Lipinski definition) is 0. The van der Waals surface area contributed by atoms with Gasteiger partial charge in [0.1, 0.15) is 17.5 Å². The predicted molar refractivity (Wildman–Crippen MR) is 148 cm³/mol. The molecule has 6 aromatic rings. The Morgan fingerprint density at radius 1 is 1.02 bits per heavy atom. The van der Waals surface area contributed by atoms with E-state index in [4.69, 9.17) is 14.1 Å². The van der Waals surface area contributed by atoms with Gasteiger partial charge in [0.15, 0.2) is 0 Å². The number of esters is 1. The average molecular weight is 603 g/mol. The van der Waals surface area contributed by atoms with Gasteiger partial charge in [0.2, 0.25) is 0 Å². The summed E-state index contributed by atoms with van der Waals surface area (Å²) >= 11 is 0. The van der Waals surface area contributed by atoms with Crippen LogP contribution < -0.4 is 66.9 Å². The molecule has 0 radical (unpaired) electrons. The average Bonchev–Trinajstić information content (AvgIpc) is 3.80. The molecule has 1 unspecified atom stereocenters. The minimum atomic E-state index is -0.737. The van der Waals surface area contributed by atoms with Crippen LogP contribution >= 0.6 is 0 Å². The molecule has 1 atom stereocenters. The van der Waals surface area contributed by atoms with Crippen LogP contribution in [0.1, 0.15) is 46.8 Å². The van der Waals surface area contributed by atoms with Crippen LogP contribution in [0.3, 0.4) is 0 Å². The maximum absolute atomic E-state index is 13.5. The molecule has 12 nitrogen and oxygen atoms in total. The third-order valence-electron chi connectivity index (χ3n) is 7.19. The number of ether oxygens (including phenoxy) is 2. The SMILES string of the molecule is CCOc1nc2cccc(C(=O)OC3CCc4nonc43)c2n1Cc1ccc(-c2ccccc2-c2noc(=O)[n-]2)cc1.[K+]. The Hall–Kier alpha value is -3.88. The summed E-state index contributed by atoms with van der Waals surface area (Å²) in [6.45, 7) is 2.68. The smallest absolute Gasteiger partial charge is 0.465 e. The van der Waals surface area contributed by atoms with Crippen LogP contribution in [0, 0.1) is 0 Å². The van der Waals surface area contributed by atoms with E-state index in [1.165, 1.54) is 0 Å². The summed E-state index contributed by atoms with van der Waals surface area (Å²) in [6.07, 6.45) is 0.731. The molecule has 210 valence electrons. The maximum atomic E-state index is 13.5. The van der Waals surface area contributed by atoms with Gasteiger partial charge in [-0.25, -0.2) is 14.2 Å². The molecule has 3 heterocycles. The Morgan fingerprint density at radius 2 is 1.84 bits per heavy atom. The van der Waals surface area contributed by atoms with Gasteiger partial charge < -0.3 is 19.0 Å². The van der Waals surface area contributed by atoms with E-state index in [9.17, 15) is 9.59 Å². The van der Waals surface area contributed by atoms with Crippen LogP contribution in [0.5, 0.6) is 6.01 Å². The Balaban J connectivity index is 0.00000329. The van der Waals surface area contributed by atoms with Gasteiger partial charge in [-0.3, -0.25) is 9.72 Å². The van der Waals surface area contributed by atoms with Crippen molar-refractivity contribution in [1.29, 1.82) is 0 Å². The van der Waals surface area contributed by atoms with Crippen molar-refractivity contribution in [2.45, 2.75) is 32.4 Å². The summed E-state index contributed by atoms with van der Waals surface area (Å²) in [6, 6.07) is 21.2. The number of aromatic nitrogens is 6. The molecule has 0 bridgehead atoms. The second-order valence-corrected chi connectivity index (χ2v) is 9.74. The summed E-state index contributed by atoms with van der Waals surface area (Å²) < 4.78 is 23.1. The number of para-hydroxylation sites is 1. The molecule has 0 saturated carbocycles. The van der Waals surface area contributed by atoms with Crippen LogP contribution in [0.25, 0.3) is 33.5 Å². The number of carbonyl (C=O) groups is 1. The third-order valence-corrected chi connectivity index (χ3v) is 7.19. The number of aryl methyl sites for hydroxylation is 1. The molecule has 3 aromatic carbocycles. The first-order valence-electron chi connectivity index (χ1n) is 13.4. The number of benzene rings is 3. The number of imidazole rings is 1. The molecule has 7 rings (SSSR count). The molecular weight excluding hydrogens is 579 g/mol. The Kier molecular flexibility index (Phi) is 8.41. The molecule has 0 N–H and O–H groups in total. The zero-order valence-corrected chi connectivity index (χ0v) is 26.5. The van der Waals surface area contributed by atoms with Gasteiger partial charge in [-0.15, -0.1) is 0 Å². The molecule has 1 aliphatic carbocycles. The van der Waals surface area contributed by atoms with Crippen molar-refractivity contribution in [3.05, 3.63) is 99.8 Å². The van der Waals surface area contributed by atoms with Gasteiger partial charge in [-0.2, -0.15) is 4.98 Å². The molecule has 0 aliphatic heterocycles. The van der Waals surface area contributed by atoms with Crippen molar-refractivity contribution in [3.63, 3.8) is 0 Å². The van der Waals surface area contributed by atoms with Crippen LogP contribution in [0.4, 0.5) is 0 Å². The number of carbonyl (C=O) groups excluding carboxylic acids is 1. The molecule has 0 fully saturated rings.